The second-order valence-electron chi connectivity index (χ2n) is 4.82. The molecule has 1 aromatic heterocycles. The van der Waals surface area contributed by atoms with Crippen molar-refractivity contribution in [2.24, 2.45) is 0 Å². The highest BCUT2D eigenvalue weighted by Gasteiger charge is 2.16. The van der Waals surface area contributed by atoms with Crippen LogP contribution in [-0.4, -0.2) is 36.3 Å². The Morgan fingerprint density at radius 3 is 2.59 bits per heavy atom. The molecule has 1 aromatic carbocycles. The first kappa shape index (κ1) is 14.6. The Morgan fingerprint density at radius 2 is 1.86 bits per heavy atom. The molecule has 2 heterocycles. The van der Waals surface area contributed by atoms with E-state index in [1.807, 2.05) is 24.3 Å². The molecule has 0 bridgehead atoms. The van der Waals surface area contributed by atoms with Crippen LogP contribution in [0.1, 0.15) is 11.1 Å². The van der Waals surface area contributed by atoms with Crippen LogP contribution in [0, 0.1) is 11.8 Å². The highest BCUT2D eigenvalue weighted by molar-refractivity contribution is 6.30. The van der Waals surface area contributed by atoms with Gasteiger partial charge in [-0.05, 0) is 24.3 Å². The number of morpholine rings is 1. The maximum atomic E-state index is 5.87. The average Bonchev–Trinajstić information content (AvgIpc) is 2.56. The maximum Gasteiger partial charge on any atom is 0.222 e. The Bertz CT molecular complexity index is 715. The van der Waals surface area contributed by atoms with E-state index < -0.39 is 0 Å². The molecule has 3 rings (SSSR count). The van der Waals surface area contributed by atoms with Crippen molar-refractivity contribution >= 4 is 23.4 Å². The van der Waals surface area contributed by atoms with Gasteiger partial charge in [-0.1, -0.05) is 23.4 Å². The highest BCUT2D eigenvalue weighted by Crippen LogP contribution is 2.18. The summed E-state index contributed by atoms with van der Waals surface area (Å²) in [5, 5.41) is 0.690. The standard InChI is InChI=1S/C16H15ClN4O/c17-14-5-2-12(3-6-14)1-4-13-11-19-16(18)20-15(13)21-7-9-22-10-8-21/h2-3,5-6,11H,7-10H2,(H2,18,19,20). The summed E-state index contributed by atoms with van der Waals surface area (Å²) in [4.78, 5) is 10.5. The van der Waals surface area contributed by atoms with Crippen molar-refractivity contribution in [3.8, 4) is 11.8 Å². The average molecular weight is 315 g/mol. The molecule has 1 fully saturated rings. The van der Waals surface area contributed by atoms with Gasteiger partial charge in [0.15, 0.2) is 0 Å². The molecule has 0 spiro atoms. The molecule has 0 radical (unpaired) electrons. The number of aromatic nitrogens is 2. The van der Waals surface area contributed by atoms with Gasteiger partial charge in [-0.2, -0.15) is 4.98 Å². The van der Waals surface area contributed by atoms with Gasteiger partial charge in [-0.25, -0.2) is 4.98 Å². The predicted molar refractivity (Wildman–Crippen MR) is 86.9 cm³/mol. The molecule has 1 saturated heterocycles. The second-order valence-corrected chi connectivity index (χ2v) is 5.26. The van der Waals surface area contributed by atoms with Gasteiger partial charge in [-0.15, -0.1) is 0 Å². The SMILES string of the molecule is Nc1ncc(C#Cc2ccc(Cl)cc2)c(N2CCOCC2)n1. The van der Waals surface area contributed by atoms with Crippen molar-refractivity contribution in [1.82, 2.24) is 9.97 Å². The van der Waals surface area contributed by atoms with Crippen LogP contribution in [0.4, 0.5) is 11.8 Å². The van der Waals surface area contributed by atoms with Gasteiger partial charge in [-0.3, -0.25) is 0 Å². The van der Waals surface area contributed by atoms with E-state index in [0.29, 0.717) is 18.2 Å². The number of benzene rings is 1. The summed E-state index contributed by atoms with van der Waals surface area (Å²) >= 11 is 5.87. The third kappa shape index (κ3) is 3.48. The number of nitrogens with zero attached hydrogens (tertiary/aromatic N) is 3. The highest BCUT2D eigenvalue weighted by atomic mass is 35.5. The van der Waals surface area contributed by atoms with E-state index in [2.05, 4.69) is 26.7 Å². The first-order valence-corrected chi connectivity index (χ1v) is 7.33. The van der Waals surface area contributed by atoms with Crippen LogP contribution in [-0.2, 0) is 4.74 Å². The number of nitrogen functional groups attached to an aromatic ring is 1. The van der Waals surface area contributed by atoms with E-state index in [4.69, 9.17) is 22.1 Å². The molecular formula is C16H15ClN4O. The molecule has 0 atom stereocenters. The van der Waals surface area contributed by atoms with Gasteiger partial charge in [0.25, 0.3) is 0 Å². The topological polar surface area (TPSA) is 64.3 Å². The van der Waals surface area contributed by atoms with Crippen LogP contribution in [0.2, 0.25) is 5.02 Å². The van der Waals surface area contributed by atoms with Gasteiger partial charge in [0.2, 0.25) is 5.95 Å². The number of halogens is 1. The van der Waals surface area contributed by atoms with Crippen molar-refractivity contribution in [2.45, 2.75) is 0 Å². The van der Waals surface area contributed by atoms with Gasteiger partial charge in [0.05, 0.1) is 25.0 Å². The van der Waals surface area contributed by atoms with Crippen LogP contribution in [0.25, 0.3) is 0 Å². The van der Waals surface area contributed by atoms with E-state index in [1.165, 1.54) is 0 Å². The van der Waals surface area contributed by atoms with Crippen LogP contribution in [0.15, 0.2) is 30.5 Å². The first-order chi connectivity index (χ1) is 10.7. The van der Waals surface area contributed by atoms with Crippen molar-refractivity contribution < 1.29 is 4.74 Å². The quantitative estimate of drug-likeness (QED) is 0.815. The summed E-state index contributed by atoms with van der Waals surface area (Å²) < 4.78 is 5.37. The van der Waals surface area contributed by atoms with E-state index >= 15 is 0 Å². The number of hydrogen-bond acceptors (Lipinski definition) is 5. The molecular weight excluding hydrogens is 300 g/mol. The minimum Gasteiger partial charge on any atom is -0.378 e. The molecule has 0 aliphatic carbocycles. The Balaban J connectivity index is 1.91. The molecule has 22 heavy (non-hydrogen) atoms. The summed E-state index contributed by atoms with van der Waals surface area (Å²) in [5.74, 6) is 7.23. The van der Waals surface area contributed by atoms with E-state index in [0.717, 1.165) is 30.0 Å². The van der Waals surface area contributed by atoms with Gasteiger partial charge in [0.1, 0.15) is 5.82 Å². The van der Waals surface area contributed by atoms with Gasteiger partial charge in [0, 0.05) is 23.7 Å². The molecule has 2 aromatic rings. The maximum absolute atomic E-state index is 5.87. The number of anilines is 2. The zero-order valence-corrected chi connectivity index (χ0v) is 12.7. The fraction of sp³-hybridized carbons (Fsp3) is 0.250. The molecule has 2 N–H and O–H groups in total. The molecule has 5 nitrogen and oxygen atoms in total. The second kappa shape index (κ2) is 6.65. The Kier molecular flexibility index (Phi) is 4.42. The fourth-order valence-electron chi connectivity index (χ4n) is 2.16. The van der Waals surface area contributed by atoms with Gasteiger partial charge < -0.3 is 15.4 Å². The summed E-state index contributed by atoms with van der Waals surface area (Å²) in [6.45, 7) is 2.89. The molecule has 0 unspecified atom stereocenters. The lowest BCUT2D eigenvalue weighted by molar-refractivity contribution is 0.122. The first-order valence-electron chi connectivity index (χ1n) is 6.95. The van der Waals surface area contributed by atoms with E-state index in [9.17, 15) is 0 Å². The third-order valence-corrected chi connectivity index (χ3v) is 3.54. The van der Waals surface area contributed by atoms with Crippen LogP contribution in [0.3, 0.4) is 0 Å². The van der Waals surface area contributed by atoms with Crippen LogP contribution < -0.4 is 10.6 Å². The monoisotopic (exact) mass is 314 g/mol. The zero-order chi connectivity index (χ0) is 15.4. The van der Waals surface area contributed by atoms with Crippen molar-refractivity contribution in [3.05, 3.63) is 46.6 Å². The van der Waals surface area contributed by atoms with Gasteiger partial charge >= 0.3 is 0 Å². The minimum absolute atomic E-state index is 0.249. The normalized spacial score (nSPS) is 14.3. The predicted octanol–water partition coefficient (Wildman–Crippen LogP) is 1.95. The molecule has 6 heteroatoms. The van der Waals surface area contributed by atoms with Crippen molar-refractivity contribution in [3.63, 3.8) is 0 Å². The van der Waals surface area contributed by atoms with E-state index in [1.54, 1.807) is 6.20 Å². The third-order valence-electron chi connectivity index (χ3n) is 3.28. The van der Waals surface area contributed by atoms with Crippen LogP contribution >= 0.6 is 11.6 Å². The molecule has 0 amide bonds. The number of nitrogens with two attached hydrogens (primary N) is 1. The summed E-state index contributed by atoms with van der Waals surface area (Å²) in [6, 6.07) is 7.38. The molecule has 0 saturated carbocycles. The summed E-state index contributed by atoms with van der Waals surface area (Å²) in [6.07, 6.45) is 1.66. The van der Waals surface area contributed by atoms with E-state index in [-0.39, 0.29) is 5.95 Å². The minimum atomic E-state index is 0.249. The zero-order valence-electron chi connectivity index (χ0n) is 11.9. The Morgan fingerprint density at radius 1 is 1.14 bits per heavy atom. The number of ether oxygens (including phenoxy) is 1. The Labute approximate surface area is 134 Å². The van der Waals surface area contributed by atoms with Crippen LogP contribution in [0.5, 0.6) is 0 Å². The Hall–Kier alpha value is -2.29. The lowest BCUT2D eigenvalue weighted by atomic mass is 10.2. The number of rotatable bonds is 1. The lowest BCUT2D eigenvalue weighted by Crippen LogP contribution is -2.37. The lowest BCUT2D eigenvalue weighted by Gasteiger charge is -2.28. The smallest absolute Gasteiger partial charge is 0.222 e. The molecule has 1 aliphatic heterocycles. The largest absolute Gasteiger partial charge is 0.378 e. The fourth-order valence-corrected chi connectivity index (χ4v) is 2.29. The summed E-state index contributed by atoms with van der Waals surface area (Å²) in [5.41, 5.74) is 7.35. The van der Waals surface area contributed by atoms with Crippen molar-refractivity contribution in [1.29, 1.82) is 0 Å². The molecule has 112 valence electrons. The van der Waals surface area contributed by atoms with Crippen molar-refractivity contribution in [2.75, 3.05) is 36.9 Å². The summed E-state index contributed by atoms with van der Waals surface area (Å²) in [7, 11) is 0. The number of hydrogen-bond donors (Lipinski definition) is 1. The molecule has 1 aliphatic rings.